The molecule has 94 valence electrons. The Hall–Kier alpha value is 0.290. The molecule has 5 heteroatoms. The van der Waals surface area contributed by atoms with Crippen molar-refractivity contribution in [2.24, 2.45) is 0 Å². The number of hydrogen-bond acceptors (Lipinski definition) is 5. The second kappa shape index (κ2) is 8.39. The third-order valence-corrected chi connectivity index (χ3v) is 3.13. The first-order valence-electron chi connectivity index (χ1n) is 5.12. The Balaban J connectivity index is 0.000000673. The fourth-order valence-corrected chi connectivity index (χ4v) is 2.06. The minimum absolute atomic E-state index is 0.254. The first-order valence-corrected chi connectivity index (χ1v) is 8.51. The fourth-order valence-electron chi connectivity index (χ4n) is 0.761. The van der Waals surface area contributed by atoms with Crippen molar-refractivity contribution < 1.29 is 0 Å². The van der Waals surface area contributed by atoms with Gasteiger partial charge in [0.2, 0.25) is 0 Å². The van der Waals surface area contributed by atoms with Crippen LogP contribution < -0.4 is 4.72 Å². The maximum Gasteiger partial charge on any atom is 0.0795 e. The molecule has 1 unspecified atom stereocenters. The Labute approximate surface area is 112 Å². The lowest BCUT2D eigenvalue weighted by atomic mass is 10.3. The molecule has 0 bridgehead atoms. The second-order valence-corrected chi connectivity index (χ2v) is 7.58. The monoisotopic (exact) mass is 278 g/mol. The van der Waals surface area contributed by atoms with Crippen LogP contribution in [0.3, 0.4) is 0 Å². The molecular weight excluding hydrogens is 256 g/mol. The lowest BCUT2D eigenvalue weighted by Crippen LogP contribution is -2.19. The smallest absolute Gasteiger partial charge is 0.0795 e. The fraction of sp³-hybridized carbons (Fsp3) is 0.727. The highest BCUT2D eigenvalue weighted by Crippen LogP contribution is 2.24. The number of aromatic nitrogens is 1. The van der Waals surface area contributed by atoms with Crippen LogP contribution in [0.2, 0.25) is 0 Å². The van der Waals surface area contributed by atoms with Gasteiger partial charge >= 0.3 is 0 Å². The third-order valence-electron chi connectivity index (χ3n) is 1.44. The van der Waals surface area contributed by atoms with Gasteiger partial charge in [-0.15, -0.1) is 11.3 Å². The maximum atomic E-state index is 4.26. The second-order valence-electron chi connectivity index (χ2n) is 4.38. The summed E-state index contributed by atoms with van der Waals surface area (Å²) in [5, 5.41) is 2.08. The highest BCUT2D eigenvalue weighted by Gasteiger charge is 2.14. The van der Waals surface area contributed by atoms with Gasteiger partial charge < -0.3 is 0 Å². The zero-order valence-electron chi connectivity index (χ0n) is 10.9. The average Bonchev–Trinajstić information content (AvgIpc) is 2.67. The molecule has 16 heavy (non-hydrogen) atoms. The van der Waals surface area contributed by atoms with Gasteiger partial charge in [-0.05, 0) is 40.2 Å². The van der Waals surface area contributed by atoms with Gasteiger partial charge in [-0.2, -0.15) is 11.8 Å². The zero-order valence-corrected chi connectivity index (χ0v) is 13.4. The lowest BCUT2D eigenvalue weighted by Gasteiger charge is -2.20. The van der Waals surface area contributed by atoms with Crippen LogP contribution in [0.5, 0.6) is 0 Å². The summed E-state index contributed by atoms with van der Waals surface area (Å²) in [7, 11) is 0. The Kier molecular flexibility index (Phi) is 8.54. The first-order chi connectivity index (χ1) is 7.40. The highest BCUT2D eigenvalue weighted by molar-refractivity contribution is 7.98. The summed E-state index contributed by atoms with van der Waals surface area (Å²) in [6, 6.07) is 0.329. The van der Waals surface area contributed by atoms with Gasteiger partial charge in [-0.1, -0.05) is 11.9 Å². The topological polar surface area (TPSA) is 24.9 Å². The molecule has 0 aliphatic heterocycles. The van der Waals surface area contributed by atoms with E-state index < -0.39 is 0 Å². The van der Waals surface area contributed by atoms with E-state index in [1.807, 2.05) is 18.0 Å². The Bertz CT molecular complexity index is 255. The van der Waals surface area contributed by atoms with Crippen LogP contribution >= 0.6 is 35.0 Å². The highest BCUT2D eigenvalue weighted by atomic mass is 32.2. The quantitative estimate of drug-likeness (QED) is 0.837. The van der Waals surface area contributed by atoms with Gasteiger partial charge in [0.1, 0.15) is 0 Å². The van der Waals surface area contributed by atoms with Crippen LogP contribution in [-0.4, -0.2) is 22.2 Å². The lowest BCUT2D eigenvalue weighted by molar-refractivity contribution is 0.708. The molecule has 0 aromatic carbocycles. The van der Waals surface area contributed by atoms with E-state index in [2.05, 4.69) is 42.8 Å². The first kappa shape index (κ1) is 16.3. The van der Waals surface area contributed by atoms with E-state index in [4.69, 9.17) is 0 Å². The molecular formula is C11H22N2S3. The van der Waals surface area contributed by atoms with Crippen molar-refractivity contribution in [3.05, 3.63) is 16.6 Å². The minimum Gasteiger partial charge on any atom is -0.255 e. The van der Waals surface area contributed by atoms with Gasteiger partial charge in [0.15, 0.2) is 0 Å². The molecule has 0 fully saturated rings. The third kappa shape index (κ3) is 8.44. The summed E-state index contributed by atoms with van der Waals surface area (Å²) in [5.74, 6) is 0. The van der Waals surface area contributed by atoms with Crippen LogP contribution in [0.1, 0.15) is 39.4 Å². The predicted octanol–water partition coefficient (Wildman–Crippen LogP) is 4.22. The normalized spacial score (nSPS) is 12.9. The van der Waals surface area contributed by atoms with Crippen LogP contribution in [0.25, 0.3) is 0 Å². The predicted molar refractivity (Wildman–Crippen MR) is 80.4 cm³/mol. The molecule has 1 N–H and O–H groups in total. The van der Waals surface area contributed by atoms with E-state index in [1.165, 1.54) is 0 Å². The van der Waals surface area contributed by atoms with E-state index in [1.54, 1.807) is 35.0 Å². The van der Waals surface area contributed by atoms with Crippen molar-refractivity contribution in [1.82, 2.24) is 9.71 Å². The van der Waals surface area contributed by atoms with Gasteiger partial charge in [0.25, 0.3) is 0 Å². The van der Waals surface area contributed by atoms with Gasteiger partial charge in [0.05, 0.1) is 17.2 Å². The van der Waals surface area contributed by atoms with Crippen LogP contribution in [0.15, 0.2) is 10.9 Å². The Morgan fingerprint density at radius 3 is 2.31 bits per heavy atom. The van der Waals surface area contributed by atoms with E-state index in [9.17, 15) is 0 Å². The number of nitrogens with zero attached hydrogens (tertiary/aromatic N) is 1. The molecule has 0 amide bonds. The van der Waals surface area contributed by atoms with Crippen molar-refractivity contribution in [3.8, 4) is 0 Å². The Morgan fingerprint density at radius 2 is 1.94 bits per heavy atom. The molecule has 1 aromatic rings. The molecule has 0 aliphatic rings. The molecule has 0 aliphatic carbocycles. The average molecular weight is 279 g/mol. The number of rotatable bonds is 3. The van der Waals surface area contributed by atoms with Crippen molar-refractivity contribution in [1.29, 1.82) is 0 Å². The maximum absolute atomic E-state index is 4.26. The van der Waals surface area contributed by atoms with Crippen molar-refractivity contribution in [2.75, 3.05) is 12.5 Å². The van der Waals surface area contributed by atoms with Gasteiger partial charge in [0, 0.05) is 10.1 Å². The number of hydrogen-bond donors (Lipinski definition) is 1. The van der Waals surface area contributed by atoms with Crippen molar-refractivity contribution in [3.63, 3.8) is 0 Å². The van der Waals surface area contributed by atoms with Crippen molar-refractivity contribution in [2.45, 2.75) is 38.5 Å². The molecule has 0 saturated carbocycles. The van der Waals surface area contributed by atoms with Crippen LogP contribution in [-0.2, 0) is 0 Å². The molecule has 1 atom stereocenters. The van der Waals surface area contributed by atoms with E-state index >= 15 is 0 Å². The summed E-state index contributed by atoms with van der Waals surface area (Å²) >= 11 is 5.15. The minimum atomic E-state index is 0.254. The summed E-state index contributed by atoms with van der Waals surface area (Å²) in [6.07, 6.45) is 4.08. The van der Waals surface area contributed by atoms with E-state index in [0.29, 0.717) is 6.04 Å². The molecule has 2 nitrogen and oxygen atoms in total. The Morgan fingerprint density at radius 1 is 1.38 bits per heavy atom. The summed E-state index contributed by atoms with van der Waals surface area (Å²) in [6.45, 7) is 8.71. The van der Waals surface area contributed by atoms with E-state index in [0.717, 1.165) is 5.69 Å². The zero-order chi connectivity index (χ0) is 12.6. The summed E-state index contributed by atoms with van der Waals surface area (Å²) < 4.78 is 3.64. The number of thiazole rings is 1. The van der Waals surface area contributed by atoms with Gasteiger partial charge in [-0.3, -0.25) is 4.72 Å². The standard InChI is InChI=1S/C9H16N2S2.C2H6S/c1-7(8-5-12-6-10-8)11-13-9(2,3)4;1-3-2/h5-7,11H,1-4H3;1-2H3. The summed E-state index contributed by atoms with van der Waals surface area (Å²) in [4.78, 5) is 4.26. The molecule has 1 rings (SSSR count). The van der Waals surface area contributed by atoms with Gasteiger partial charge in [-0.25, -0.2) is 4.98 Å². The largest absolute Gasteiger partial charge is 0.255 e. The van der Waals surface area contributed by atoms with Crippen molar-refractivity contribution >= 4 is 35.0 Å². The number of nitrogens with one attached hydrogen (secondary N) is 1. The molecule has 1 heterocycles. The van der Waals surface area contributed by atoms with Crippen LogP contribution in [0, 0.1) is 0 Å². The number of thioether (sulfide) groups is 1. The molecule has 1 aromatic heterocycles. The van der Waals surface area contributed by atoms with E-state index in [-0.39, 0.29) is 4.75 Å². The SMILES string of the molecule is CC(NSC(C)(C)C)c1cscn1.CSC. The molecule has 0 spiro atoms. The molecule has 0 radical (unpaired) electrons. The summed E-state index contributed by atoms with van der Waals surface area (Å²) in [5.41, 5.74) is 3.00. The van der Waals surface area contributed by atoms with Crippen LogP contribution in [0.4, 0.5) is 0 Å². The molecule has 0 saturated heterocycles.